The molecule has 0 aromatic carbocycles. The monoisotopic (exact) mass is 315 g/mol. The maximum atomic E-state index is 11.9. The fourth-order valence-corrected chi connectivity index (χ4v) is 2.49. The molecule has 2 rings (SSSR count). The van der Waals surface area contributed by atoms with E-state index in [2.05, 4.69) is 5.10 Å². The molecule has 0 fully saturated rings. The molecule has 0 saturated carbocycles. The van der Waals surface area contributed by atoms with Crippen LogP contribution in [0.4, 0.5) is 0 Å². The summed E-state index contributed by atoms with van der Waals surface area (Å²) in [5.41, 5.74) is 0. The summed E-state index contributed by atoms with van der Waals surface area (Å²) in [6.45, 7) is 1.97. The highest BCUT2D eigenvalue weighted by molar-refractivity contribution is 7.88. The minimum atomic E-state index is -3.63. The van der Waals surface area contributed by atoms with E-state index in [-0.39, 0.29) is 11.6 Å². The molecule has 0 bridgehead atoms. The van der Waals surface area contributed by atoms with Gasteiger partial charge in [-0.1, -0.05) is 6.92 Å². The molecule has 0 aliphatic rings. The lowest BCUT2D eigenvalue weighted by Gasteiger charge is -2.07. The first-order chi connectivity index (χ1) is 9.84. The van der Waals surface area contributed by atoms with E-state index in [0.717, 1.165) is 15.4 Å². The molecule has 0 N–H and O–H groups in total. The molecule has 8 nitrogen and oxygen atoms in total. The van der Waals surface area contributed by atoms with Gasteiger partial charge in [0.2, 0.25) is 11.0 Å². The highest BCUT2D eigenvalue weighted by Crippen LogP contribution is 2.17. The quantitative estimate of drug-likeness (QED) is 0.777. The summed E-state index contributed by atoms with van der Waals surface area (Å²) in [6.07, 6.45) is 1.38. The second-order valence-corrected chi connectivity index (χ2v) is 6.76. The third-order valence-corrected chi connectivity index (χ3v) is 4.48. The zero-order chi connectivity index (χ0) is 15.6. The number of nitrogens with zero attached hydrogens (tertiary/aromatic N) is 3. The Labute approximate surface area is 122 Å². The number of aryl methyl sites for hydroxylation is 1. The smallest absolute Gasteiger partial charge is 0.437 e. The molecule has 0 atom stereocenters. The third-order valence-electron chi connectivity index (χ3n) is 2.79. The van der Waals surface area contributed by atoms with E-state index in [9.17, 15) is 13.2 Å². The standard InChI is InChI=1S/C12H17N3O5S/c1-4-5-10-13-15(12(16)20-10)8-9-6-7-11(19-9)21(17,18)14(2)3/h6-7H,4-5,8H2,1-3H3. The van der Waals surface area contributed by atoms with Crippen molar-refractivity contribution in [1.82, 2.24) is 14.1 Å². The van der Waals surface area contributed by atoms with Gasteiger partial charge in [-0.05, 0) is 18.6 Å². The Hall–Kier alpha value is -1.87. The van der Waals surface area contributed by atoms with Gasteiger partial charge >= 0.3 is 5.76 Å². The molecular weight excluding hydrogens is 298 g/mol. The minimum absolute atomic E-state index is 0.0228. The fourth-order valence-electron chi connectivity index (χ4n) is 1.67. The van der Waals surface area contributed by atoms with Crippen molar-refractivity contribution in [3.63, 3.8) is 0 Å². The van der Waals surface area contributed by atoms with Gasteiger partial charge in [0.05, 0.1) is 0 Å². The first-order valence-electron chi connectivity index (χ1n) is 6.42. The van der Waals surface area contributed by atoms with E-state index in [1.165, 1.54) is 26.2 Å². The van der Waals surface area contributed by atoms with Crippen LogP contribution in [0.3, 0.4) is 0 Å². The van der Waals surface area contributed by atoms with Crippen molar-refractivity contribution in [2.24, 2.45) is 0 Å². The SMILES string of the molecule is CCCc1nn(Cc2ccc(S(=O)(=O)N(C)C)o2)c(=O)o1. The van der Waals surface area contributed by atoms with E-state index in [4.69, 9.17) is 8.83 Å². The molecular formula is C12H17N3O5S. The van der Waals surface area contributed by atoms with Crippen LogP contribution in [0.2, 0.25) is 0 Å². The highest BCUT2D eigenvalue weighted by atomic mass is 32.2. The summed E-state index contributed by atoms with van der Waals surface area (Å²) in [4.78, 5) is 11.6. The first kappa shape index (κ1) is 15.5. The predicted molar refractivity (Wildman–Crippen MR) is 73.4 cm³/mol. The van der Waals surface area contributed by atoms with Crippen LogP contribution >= 0.6 is 0 Å². The van der Waals surface area contributed by atoms with Crippen molar-refractivity contribution < 1.29 is 17.3 Å². The first-order valence-corrected chi connectivity index (χ1v) is 7.86. The summed E-state index contributed by atoms with van der Waals surface area (Å²) in [7, 11) is -0.800. The zero-order valence-corrected chi connectivity index (χ0v) is 12.9. The number of hydrogen-bond donors (Lipinski definition) is 0. The van der Waals surface area contributed by atoms with Crippen molar-refractivity contribution in [1.29, 1.82) is 0 Å². The molecule has 0 spiro atoms. The van der Waals surface area contributed by atoms with Crippen LogP contribution in [0.25, 0.3) is 0 Å². The van der Waals surface area contributed by atoms with Gasteiger partial charge in [-0.15, -0.1) is 5.10 Å². The maximum absolute atomic E-state index is 11.9. The van der Waals surface area contributed by atoms with Gasteiger partial charge in [-0.25, -0.2) is 17.5 Å². The number of hydrogen-bond acceptors (Lipinski definition) is 6. The summed E-state index contributed by atoms with van der Waals surface area (Å²) in [5.74, 6) is 0.0796. The summed E-state index contributed by atoms with van der Waals surface area (Å²) in [5, 5.41) is 3.85. The van der Waals surface area contributed by atoms with Crippen LogP contribution in [0.5, 0.6) is 0 Å². The van der Waals surface area contributed by atoms with E-state index < -0.39 is 15.8 Å². The minimum Gasteiger partial charge on any atom is -0.446 e. The predicted octanol–water partition coefficient (Wildman–Crippen LogP) is 0.680. The van der Waals surface area contributed by atoms with E-state index in [1.807, 2.05) is 6.92 Å². The van der Waals surface area contributed by atoms with Gasteiger partial charge < -0.3 is 8.83 Å². The average Bonchev–Trinajstić information content (AvgIpc) is 2.99. The maximum Gasteiger partial charge on any atom is 0.437 e. The van der Waals surface area contributed by atoms with Gasteiger partial charge in [-0.2, -0.15) is 4.68 Å². The summed E-state index contributed by atoms with van der Waals surface area (Å²) < 4.78 is 36.2. The van der Waals surface area contributed by atoms with Gasteiger partial charge in [-0.3, -0.25) is 0 Å². The molecule has 0 radical (unpaired) electrons. The average molecular weight is 315 g/mol. The number of rotatable bonds is 6. The lowest BCUT2D eigenvalue weighted by molar-refractivity contribution is 0.380. The molecule has 21 heavy (non-hydrogen) atoms. The molecule has 0 amide bonds. The van der Waals surface area contributed by atoms with Crippen LogP contribution in [0.15, 0.2) is 30.9 Å². The molecule has 9 heteroatoms. The van der Waals surface area contributed by atoms with E-state index in [0.29, 0.717) is 18.1 Å². The lowest BCUT2D eigenvalue weighted by Crippen LogP contribution is -2.21. The molecule has 2 heterocycles. The largest absolute Gasteiger partial charge is 0.446 e. The number of aromatic nitrogens is 2. The Balaban J connectivity index is 2.22. The van der Waals surface area contributed by atoms with Crippen LogP contribution in [0.1, 0.15) is 25.0 Å². The normalized spacial score (nSPS) is 12.2. The Morgan fingerprint density at radius 2 is 2.00 bits per heavy atom. The van der Waals surface area contributed by atoms with Gasteiger partial charge in [0, 0.05) is 20.5 Å². The second-order valence-electron chi connectivity index (χ2n) is 4.68. The molecule has 2 aromatic heterocycles. The number of furan rings is 1. The van der Waals surface area contributed by atoms with Crippen LogP contribution in [-0.4, -0.2) is 36.6 Å². The Morgan fingerprint density at radius 3 is 2.62 bits per heavy atom. The highest BCUT2D eigenvalue weighted by Gasteiger charge is 2.22. The van der Waals surface area contributed by atoms with Crippen molar-refractivity contribution in [2.75, 3.05) is 14.1 Å². The van der Waals surface area contributed by atoms with Crippen LogP contribution < -0.4 is 5.76 Å². The van der Waals surface area contributed by atoms with Gasteiger partial charge in [0.15, 0.2) is 0 Å². The topological polar surface area (TPSA) is 98.5 Å². The fraction of sp³-hybridized carbons (Fsp3) is 0.500. The molecule has 116 valence electrons. The molecule has 0 unspecified atom stereocenters. The van der Waals surface area contributed by atoms with Crippen molar-refractivity contribution >= 4 is 10.0 Å². The second kappa shape index (κ2) is 5.86. The molecule has 0 saturated heterocycles. The number of sulfonamides is 1. The van der Waals surface area contributed by atoms with Crippen LogP contribution in [0, 0.1) is 0 Å². The molecule has 2 aromatic rings. The Morgan fingerprint density at radius 1 is 1.29 bits per heavy atom. The Bertz CT molecular complexity index is 769. The van der Waals surface area contributed by atoms with E-state index in [1.54, 1.807) is 0 Å². The van der Waals surface area contributed by atoms with Gasteiger partial charge in [0.1, 0.15) is 12.3 Å². The van der Waals surface area contributed by atoms with E-state index >= 15 is 0 Å². The summed E-state index contributed by atoms with van der Waals surface area (Å²) in [6, 6.07) is 2.85. The van der Waals surface area contributed by atoms with Crippen molar-refractivity contribution in [3.8, 4) is 0 Å². The summed E-state index contributed by atoms with van der Waals surface area (Å²) >= 11 is 0. The molecule has 0 aliphatic carbocycles. The molecule has 0 aliphatic heterocycles. The van der Waals surface area contributed by atoms with Gasteiger partial charge in [0.25, 0.3) is 10.0 Å². The van der Waals surface area contributed by atoms with Crippen molar-refractivity contribution in [3.05, 3.63) is 34.3 Å². The third kappa shape index (κ3) is 3.24. The zero-order valence-electron chi connectivity index (χ0n) is 12.1. The van der Waals surface area contributed by atoms with Crippen LogP contribution in [-0.2, 0) is 23.0 Å². The lowest BCUT2D eigenvalue weighted by atomic mass is 10.3. The Kier molecular flexibility index (Phi) is 4.33. The van der Waals surface area contributed by atoms with Crippen molar-refractivity contribution in [2.45, 2.75) is 31.4 Å².